The number of rotatable bonds is 6. The predicted octanol–water partition coefficient (Wildman–Crippen LogP) is 3.00. The van der Waals surface area contributed by atoms with E-state index in [2.05, 4.69) is 5.32 Å². The first-order valence-electron chi connectivity index (χ1n) is 8.47. The minimum absolute atomic E-state index is 0.153. The number of amides is 1. The summed E-state index contributed by atoms with van der Waals surface area (Å²) in [5.41, 5.74) is 0.395. The van der Waals surface area contributed by atoms with E-state index in [9.17, 15) is 13.2 Å². The number of benzene rings is 1. The molecule has 0 atom stereocenters. The van der Waals surface area contributed by atoms with Crippen molar-refractivity contribution in [3.05, 3.63) is 18.2 Å². The van der Waals surface area contributed by atoms with Gasteiger partial charge in [0.05, 0.1) is 17.7 Å². The fraction of sp³-hybridized carbons (Fsp3) is 0.588. The highest BCUT2D eigenvalue weighted by Gasteiger charge is 2.26. The van der Waals surface area contributed by atoms with E-state index in [1.807, 2.05) is 6.92 Å². The van der Waals surface area contributed by atoms with Crippen molar-refractivity contribution in [3.8, 4) is 5.75 Å². The van der Waals surface area contributed by atoms with E-state index in [-0.39, 0.29) is 10.8 Å². The number of anilines is 1. The van der Waals surface area contributed by atoms with E-state index in [0.717, 1.165) is 32.1 Å². The van der Waals surface area contributed by atoms with Gasteiger partial charge in [-0.25, -0.2) is 8.42 Å². The summed E-state index contributed by atoms with van der Waals surface area (Å²) >= 11 is 0. The van der Waals surface area contributed by atoms with Gasteiger partial charge in [0.2, 0.25) is 15.9 Å². The SMILES string of the molecule is CCCC(=O)Nc1cc(S(=O)(=O)N2CCCCCC2)ccc1OC. The molecule has 1 aromatic carbocycles. The molecule has 0 spiro atoms. The van der Waals surface area contributed by atoms with Crippen LogP contribution in [0.2, 0.25) is 0 Å². The fourth-order valence-electron chi connectivity index (χ4n) is 2.82. The molecule has 0 bridgehead atoms. The highest BCUT2D eigenvalue weighted by atomic mass is 32.2. The highest BCUT2D eigenvalue weighted by molar-refractivity contribution is 7.89. The van der Waals surface area contributed by atoms with Crippen molar-refractivity contribution in [1.29, 1.82) is 0 Å². The molecule has 2 rings (SSSR count). The summed E-state index contributed by atoms with van der Waals surface area (Å²) < 4.78 is 32.5. The van der Waals surface area contributed by atoms with Gasteiger partial charge in [-0.15, -0.1) is 0 Å². The molecule has 1 aliphatic rings. The van der Waals surface area contributed by atoms with Crippen molar-refractivity contribution < 1.29 is 17.9 Å². The Balaban J connectivity index is 2.30. The second-order valence-corrected chi connectivity index (χ2v) is 7.92. The van der Waals surface area contributed by atoms with Crippen molar-refractivity contribution in [2.75, 3.05) is 25.5 Å². The van der Waals surface area contributed by atoms with Crippen LogP contribution in [0.5, 0.6) is 5.75 Å². The summed E-state index contributed by atoms with van der Waals surface area (Å²) in [6.45, 7) is 3.01. The average Bonchev–Trinajstić information content (AvgIpc) is 2.84. The van der Waals surface area contributed by atoms with Crippen LogP contribution < -0.4 is 10.1 Å². The summed E-state index contributed by atoms with van der Waals surface area (Å²) in [6, 6.07) is 4.62. The first kappa shape index (κ1) is 18.7. The van der Waals surface area contributed by atoms with Gasteiger partial charge in [-0.05, 0) is 37.5 Å². The van der Waals surface area contributed by atoms with E-state index in [1.165, 1.54) is 19.2 Å². The van der Waals surface area contributed by atoms with Gasteiger partial charge in [0.15, 0.2) is 0 Å². The van der Waals surface area contributed by atoms with Gasteiger partial charge >= 0.3 is 0 Å². The molecule has 1 aromatic rings. The normalized spacial score (nSPS) is 16.4. The highest BCUT2D eigenvalue weighted by Crippen LogP contribution is 2.30. The van der Waals surface area contributed by atoms with Gasteiger partial charge in [0.1, 0.15) is 5.75 Å². The van der Waals surface area contributed by atoms with E-state index in [4.69, 9.17) is 4.74 Å². The summed E-state index contributed by atoms with van der Waals surface area (Å²) in [5, 5.41) is 2.74. The Kier molecular flexibility index (Phi) is 6.62. The van der Waals surface area contributed by atoms with Crippen LogP contribution in [-0.4, -0.2) is 38.8 Å². The van der Waals surface area contributed by atoms with Crippen molar-refractivity contribution >= 4 is 21.6 Å². The molecule has 1 N–H and O–H groups in total. The Labute approximate surface area is 144 Å². The maximum absolute atomic E-state index is 12.9. The zero-order valence-corrected chi connectivity index (χ0v) is 15.2. The van der Waals surface area contributed by atoms with Crippen molar-refractivity contribution in [2.45, 2.75) is 50.3 Å². The number of nitrogens with one attached hydrogen (secondary N) is 1. The Morgan fingerprint density at radius 2 is 1.88 bits per heavy atom. The van der Waals surface area contributed by atoms with Crippen molar-refractivity contribution in [2.24, 2.45) is 0 Å². The van der Waals surface area contributed by atoms with Gasteiger partial charge in [0.25, 0.3) is 0 Å². The van der Waals surface area contributed by atoms with E-state index in [0.29, 0.717) is 30.9 Å². The van der Waals surface area contributed by atoms with Crippen LogP contribution in [0, 0.1) is 0 Å². The van der Waals surface area contributed by atoms with Crippen LogP contribution in [0.25, 0.3) is 0 Å². The molecule has 6 nitrogen and oxygen atoms in total. The molecule has 7 heteroatoms. The van der Waals surface area contributed by atoms with Crippen LogP contribution in [0.1, 0.15) is 45.4 Å². The maximum Gasteiger partial charge on any atom is 0.243 e. The van der Waals surface area contributed by atoms with Crippen LogP contribution >= 0.6 is 0 Å². The Morgan fingerprint density at radius 1 is 1.21 bits per heavy atom. The summed E-state index contributed by atoms with van der Waals surface area (Å²) in [4.78, 5) is 12.1. The van der Waals surface area contributed by atoms with Crippen LogP contribution in [0.3, 0.4) is 0 Å². The number of carbonyl (C=O) groups is 1. The number of nitrogens with zero attached hydrogens (tertiary/aromatic N) is 1. The number of carbonyl (C=O) groups excluding carboxylic acids is 1. The molecule has 1 aliphatic heterocycles. The predicted molar refractivity (Wildman–Crippen MR) is 93.8 cm³/mol. The number of sulfonamides is 1. The van der Waals surface area contributed by atoms with E-state index in [1.54, 1.807) is 10.4 Å². The molecule has 0 radical (unpaired) electrons. The molecule has 1 saturated heterocycles. The van der Waals surface area contributed by atoms with Crippen molar-refractivity contribution in [1.82, 2.24) is 4.31 Å². The first-order valence-corrected chi connectivity index (χ1v) is 9.91. The molecule has 0 saturated carbocycles. The second-order valence-electron chi connectivity index (χ2n) is 5.98. The topological polar surface area (TPSA) is 75.7 Å². The fourth-order valence-corrected chi connectivity index (χ4v) is 4.36. The number of ether oxygens (including phenoxy) is 1. The lowest BCUT2D eigenvalue weighted by atomic mass is 10.2. The largest absolute Gasteiger partial charge is 0.495 e. The number of hydrogen-bond acceptors (Lipinski definition) is 4. The third-order valence-corrected chi connectivity index (χ3v) is 6.02. The molecule has 24 heavy (non-hydrogen) atoms. The van der Waals surface area contributed by atoms with Gasteiger partial charge in [-0.3, -0.25) is 4.79 Å². The number of methoxy groups -OCH3 is 1. The lowest BCUT2D eigenvalue weighted by Gasteiger charge is -2.21. The van der Waals surface area contributed by atoms with Gasteiger partial charge in [-0.1, -0.05) is 19.8 Å². The monoisotopic (exact) mass is 354 g/mol. The van der Waals surface area contributed by atoms with E-state index >= 15 is 0 Å². The zero-order valence-electron chi connectivity index (χ0n) is 14.4. The van der Waals surface area contributed by atoms with Crippen LogP contribution in [0.4, 0.5) is 5.69 Å². The van der Waals surface area contributed by atoms with E-state index < -0.39 is 10.0 Å². The molecule has 1 heterocycles. The third kappa shape index (κ3) is 4.48. The lowest BCUT2D eigenvalue weighted by molar-refractivity contribution is -0.116. The minimum atomic E-state index is -3.55. The van der Waals surface area contributed by atoms with Gasteiger partial charge in [0, 0.05) is 19.5 Å². The second kappa shape index (κ2) is 8.48. The molecule has 0 aliphatic carbocycles. The molecule has 1 amide bonds. The van der Waals surface area contributed by atoms with Crippen LogP contribution in [-0.2, 0) is 14.8 Å². The summed E-state index contributed by atoms with van der Waals surface area (Å²) in [7, 11) is -2.06. The molecule has 1 fully saturated rings. The Bertz CT molecular complexity index is 665. The lowest BCUT2D eigenvalue weighted by Crippen LogP contribution is -2.32. The standard InChI is InChI=1S/C17H26N2O4S/c1-3-8-17(20)18-15-13-14(9-10-16(15)23-2)24(21,22)19-11-6-4-5-7-12-19/h9-10,13H,3-8,11-12H2,1-2H3,(H,18,20). The average molecular weight is 354 g/mol. The van der Waals surface area contributed by atoms with Gasteiger partial charge < -0.3 is 10.1 Å². The minimum Gasteiger partial charge on any atom is -0.495 e. The molecule has 134 valence electrons. The van der Waals surface area contributed by atoms with Crippen molar-refractivity contribution in [3.63, 3.8) is 0 Å². The zero-order chi connectivity index (χ0) is 17.6. The molecular formula is C17H26N2O4S. The number of hydrogen-bond donors (Lipinski definition) is 1. The van der Waals surface area contributed by atoms with Gasteiger partial charge in [-0.2, -0.15) is 4.31 Å². The summed E-state index contributed by atoms with van der Waals surface area (Å²) in [6.07, 6.45) is 5.00. The molecule has 0 unspecified atom stereocenters. The molecule has 0 aromatic heterocycles. The smallest absolute Gasteiger partial charge is 0.243 e. The maximum atomic E-state index is 12.9. The Morgan fingerprint density at radius 3 is 2.46 bits per heavy atom. The molecular weight excluding hydrogens is 328 g/mol. The van der Waals surface area contributed by atoms with Crippen LogP contribution in [0.15, 0.2) is 23.1 Å². The summed E-state index contributed by atoms with van der Waals surface area (Å²) in [5.74, 6) is 0.300. The first-order chi connectivity index (χ1) is 11.5. The Hall–Kier alpha value is -1.60. The quantitative estimate of drug-likeness (QED) is 0.852. The third-order valence-electron chi connectivity index (χ3n) is 4.12.